The third-order valence-electron chi connectivity index (χ3n) is 2.42. The normalized spacial score (nSPS) is 13.3. The van der Waals surface area contributed by atoms with Crippen LogP contribution in [-0.2, 0) is 19.1 Å². The molecule has 0 saturated heterocycles. The van der Waals surface area contributed by atoms with E-state index in [4.69, 9.17) is 0 Å². The first kappa shape index (κ1) is 22.0. The van der Waals surface area contributed by atoms with Gasteiger partial charge in [-0.05, 0) is 0 Å². The summed E-state index contributed by atoms with van der Waals surface area (Å²) >= 11 is 1.05. The quantitative estimate of drug-likeness (QED) is 0.318. The molecule has 136 valence electrons. The standard InChI is InChI=1S/C13H22F4NO4S/c1-18(2,3)4-5-23-9(13(20)22-8-11(16)17)6-12(19)21-7-10(14)15/h9-11H,4-8H2,1-3H3/q+1. The predicted octanol–water partition coefficient (Wildman–Crippen LogP) is 1.80. The number of esters is 2. The number of rotatable bonds is 11. The second-order valence-corrected chi connectivity index (χ2v) is 6.98. The highest BCUT2D eigenvalue weighted by Crippen LogP contribution is 2.18. The van der Waals surface area contributed by atoms with Crippen LogP contribution in [0.5, 0.6) is 0 Å². The molecule has 0 rings (SSSR count). The van der Waals surface area contributed by atoms with Gasteiger partial charge in [0.05, 0.1) is 34.1 Å². The fourth-order valence-electron chi connectivity index (χ4n) is 1.28. The number of thioether (sulfide) groups is 1. The van der Waals surface area contributed by atoms with Crippen molar-refractivity contribution < 1.29 is 41.1 Å². The highest BCUT2D eigenvalue weighted by molar-refractivity contribution is 8.00. The number of ether oxygens (including phenoxy) is 2. The fraction of sp³-hybridized carbons (Fsp3) is 0.846. The smallest absolute Gasteiger partial charge is 0.319 e. The molecule has 0 aromatic heterocycles. The molecule has 1 atom stereocenters. The molecule has 0 N–H and O–H groups in total. The summed E-state index contributed by atoms with van der Waals surface area (Å²) in [6, 6.07) is 0. The first-order chi connectivity index (χ1) is 10.5. The number of carbonyl (C=O) groups is 2. The van der Waals surface area contributed by atoms with Crippen LogP contribution in [0.1, 0.15) is 6.42 Å². The topological polar surface area (TPSA) is 52.6 Å². The maximum atomic E-state index is 12.1. The van der Waals surface area contributed by atoms with Crippen molar-refractivity contribution >= 4 is 23.7 Å². The van der Waals surface area contributed by atoms with Gasteiger partial charge in [0, 0.05) is 5.75 Å². The first-order valence-corrected chi connectivity index (χ1v) is 7.86. The van der Waals surface area contributed by atoms with Crippen molar-refractivity contribution in [3.8, 4) is 0 Å². The molecule has 0 fully saturated rings. The summed E-state index contributed by atoms with van der Waals surface area (Å²) in [5.41, 5.74) is 0. The van der Waals surface area contributed by atoms with Gasteiger partial charge in [0.25, 0.3) is 12.9 Å². The van der Waals surface area contributed by atoms with Crippen LogP contribution in [0.25, 0.3) is 0 Å². The molecule has 0 heterocycles. The Kier molecular flexibility index (Phi) is 10.2. The van der Waals surface area contributed by atoms with Crippen molar-refractivity contribution in [2.24, 2.45) is 0 Å². The monoisotopic (exact) mass is 364 g/mol. The third kappa shape index (κ3) is 13.1. The van der Waals surface area contributed by atoms with E-state index in [1.807, 2.05) is 21.1 Å². The Morgan fingerprint density at radius 1 is 1.00 bits per heavy atom. The molecule has 0 amide bonds. The van der Waals surface area contributed by atoms with Gasteiger partial charge < -0.3 is 14.0 Å². The van der Waals surface area contributed by atoms with Gasteiger partial charge in [-0.3, -0.25) is 9.59 Å². The molecule has 0 spiro atoms. The van der Waals surface area contributed by atoms with Crippen LogP contribution in [0.2, 0.25) is 0 Å². The van der Waals surface area contributed by atoms with Crippen molar-refractivity contribution in [3.63, 3.8) is 0 Å². The lowest BCUT2D eigenvalue weighted by Crippen LogP contribution is -2.37. The summed E-state index contributed by atoms with van der Waals surface area (Å²) in [4.78, 5) is 23.2. The van der Waals surface area contributed by atoms with Gasteiger partial charge in [-0.1, -0.05) is 0 Å². The Bertz CT molecular complexity index is 377. The zero-order valence-corrected chi connectivity index (χ0v) is 14.1. The minimum absolute atomic E-state index is 0.458. The van der Waals surface area contributed by atoms with E-state index in [1.54, 1.807) is 0 Å². The molecule has 0 saturated carbocycles. The van der Waals surface area contributed by atoms with Crippen LogP contribution in [0, 0.1) is 0 Å². The van der Waals surface area contributed by atoms with E-state index in [1.165, 1.54) is 0 Å². The lowest BCUT2D eigenvalue weighted by atomic mass is 10.3. The van der Waals surface area contributed by atoms with Gasteiger partial charge in [0.1, 0.15) is 5.25 Å². The van der Waals surface area contributed by atoms with Gasteiger partial charge in [0.2, 0.25) is 0 Å². The molecular weight excluding hydrogens is 342 g/mol. The molecule has 0 aliphatic rings. The summed E-state index contributed by atoms with van der Waals surface area (Å²) in [6.07, 6.45) is -6.13. The summed E-state index contributed by atoms with van der Waals surface area (Å²) in [6.45, 7) is -1.49. The highest BCUT2D eigenvalue weighted by atomic mass is 32.2. The number of carbonyl (C=O) groups excluding carboxylic acids is 2. The van der Waals surface area contributed by atoms with Crippen LogP contribution >= 0.6 is 11.8 Å². The van der Waals surface area contributed by atoms with E-state index in [0.29, 0.717) is 16.8 Å². The molecule has 23 heavy (non-hydrogen) atoms. The summed E-state index contributed by atoms with van der Waals surface area (Å²) in [5.74, 6) is -1.52. The molecule has 5 nitrogen and oxygen atoms in total. The number of hydrogen-bond donors (Lipinski definition) is 0. The van der Waals surface area contributed by atoms with E-state index in [-0.39, 0.29) is 0 Å². The van der Waals surface area contributed by atoms with E-state index in [9.17, 15) is 27.2 Å². The molecular formula is C13H22F4NO4S+. The van der Waals surface area contributed by atoms with Crippen molar-refractivity contribution in [2.45, 2.75) is 24.5 Å². The van der Waals surface area contributed by atoms with Gasteiger partial charge in [-0.25, -0.2) is 17.6 Å². The zero-order valence-electron chi connectivity index (χ0n) is 13.3. The Balaban J connectivity index is 4.52. The zero-order chi connectivity index (χ0) is 18.0. The molecule has 0 bridgehead atoms. The summed E-state index contributed by atoms with van der Waals surface area (Å²) in [7, 11) is 5.75. The summed E-state index contributed by atoms with van der Waals surface area (Å²) in [5, 5.41) is -1.06. The van der Waals surface area contributed by atoms with Crippen molar-refractivity contribution in [3.05, 3.63) is 0 Å². The molecule has 0 aliphatic carbocycles. The Morgan fingerprint density at radius 2 is 1.52 bits per heavy atom. The number of nitrogens with zero attached hydrogens (tertiary/aromatic N) is 1. The van der Waals surface area contributed by atoms with Crippen LogP contribution < -0.4 is 0 Å². The number of alkyl halides is 4. The number of halogens is 4. The van der Waals surface area contributed by atoms with Crippen LogP contribution in [-0.4, -0.2) is 81.2 Å². The Labute approximate surface area is 136 Å². The lowest BCUT2D eigenvalue weighted by molar-refractivity contribution is -0.867. The van der Waals surface area contributed by atoms with Gasteiger partial charge in [-0.2, -0.15) is 0 Å². The average Bonchev–Trinajstić information content (AvgIpc) is 2.40. The van der Waals surface area contributed by atoms with E-state index >= 15 is 0 Å². The third-order valence-corrected chi connectivity index (χ3v) is 3.60. The van der Waals surface area contributed by atoms with E-state index in [2.05, 4.69) is 9.47 Å². The van der Waals surface area contributed by atoms with Crippen LogP contribution in [0.3, 0.4) is 0 Å². The van der Waals surface area contributed by atoms with Crippen molar-refractivity contribution in [1.29, 1.82) is 0 Å². The molecule has 0 radical (unpaired) electrons. The first-order valence-electron chi connectivity index (χ1n) is 6.82. The predicted molar refractivity (Wildman–Crippen MR) is 77.7 cm³/mol. The van der Waals surface area contributed by atoms with Crippen molar-refractivity contribution in [2.75, 3.05) is 46.7 Å². The molecule has 10 heteroatoms. The van der Waals surface area contributed by atoms with Gasteiger partial charge in [-0.15, -0.1) is 11.8 Å². The number of quaternary nitrogens is 1. The molecule has 0 aliphatic heterocycles. The minimum atomic E-state index is -2.82. The lowest BCUT2D eigenvalue weighted by Gasteiger charge is -2.24. The average molecular weight is 364 g/mol. The maximum absolute atomic E-state index is 12.1. The molecule has 0 aromatic carbocycles. The summed E-state index contributed by atoms with van der Waals surface area (Å²) < 4.78 is 57.4. The highest BCUT2D eigenvalue weighted by Gasteiger charge is 2.27. The minimum Gasteiger partial charge on any atom is -0.460 e. The SMILES string of the molecule is C[N+](C)(C)CCSC(CC(=O)OCC(F)F)C(=O)OCC(F)F. The second-order valence-electron chi connectivity index (χ2n) is 5.67. The fourth-order valence-corrected chi connectivity index (χ4v) is 2.68. The molecule has 1 unspecified atom stereocenters. The maximum Gasteiger partial charge on any atom is 0.319 e. The van der Waals surface area contributed by atoms with E-state index in [0.717, 1.165) is 11.8 Å². The van der Waals surface area contributed by atoms with Crippen LogP contribution in [0.4, 0.5) is 17.6 Å². The van der Waals surface area contributed by atoms with Crippen molar-refractivity contribution in [1.82, 2.24) is 0 Å². The second kappa shape index (κ2) is 10.7. The number of hydrogen-bond acceptors (Lipinski definition) is 5. The largest absolute Gasteiger partial charge is 0.460 e. The molecule has 0 aromatic rings. The van der Waals surface area contributed by atoms with E-state index < -0.39 is 49.7 Å². The Hall–Kier alpha value is -1.03. The van der Waals surface area contributed by atoms with Gasteiger partial charge in [0.15, 0.2) is 13.2 Å². The van der Waals surface area contributed by atoms with Crippen LogP contribution in [0.15, 0.2) is 0 Å². The Morgan fingerprint density at radius 3 is 2.00 bits per heavy atom. The van der Waals surface area contributed by atoms with Gasteiger partial charge >= 0.3 is 11.9 Å².